The van der Waals surface area contributed by atoms with Gasteiger partial charge in [-0.1, -0.05) is 15.9 Å². The van der Waals surface area contributed by atoms with Crippen LogP contribution in [0.4, 0.5) is 13.2 Å². The monoisotopic (exact) mass is 365 g/mol. The quantitative estimate of drug-likeness (QED) is 0.864. The van der Waals surface area contributed by atoms with Crippen LogP contribution in [-0.4, -0.2) is 22.5 Å². The van der Waals surface area contributed by atoms with Gasteiger partial charge in [0.25, 0.3) is 5.91 Å². The van der Waals surface area contributed by atoms with Crippen molar-refractivity contribution in [3.8, 4) is 0 Å². The molecule has 8 heteroatoms. The summed E-state index contributed by atoms with van der Waals surface area (Å²) in [5.74, 6) is -2.00. The molecule has 2 rings (SSSR count). The topological polar surface area (TPSA) is 66.4 Å². The van der Waals surface area contributed by atoms with Crippen LogP contribution in [0.25, 0.3) is 0 Å². The third-order valence-electron chi connectivity index (χ3n) is 3.50. The molecule has 1 amide bonds. The molecule has 1 aliphatic carbocycles. The first-order valence-electron chi connectivity index (χ1n) is 6.08. The minimum Gasteiger partial charge on any atom is -0.480 e. The predicted octanol–water partition coefficient (Wildman–Crippen LogP) is 3.21. The van der Waals surface area contributed by atoms with Crippen molar-refractivity contribution in [1.82, 2.24) is 5.32 Å². The molecule has 0 spiro atoms. The van der Waals surface area contributed by atoms with Crippen LogP contribution in [-0.2, 0) is 11.0 Å². The molecule has 114 valence electrons. The van der Waals surface area contributed by atoms with Gasteiger partial charge >= 0.3 is 12.1 Å². The van der Waals surface area contributed by atoms with Crippen LogP contribution >= 0.6 is 15.9 Å². The van der Waals surface area contributed by atoms with Crippen LogP contribution in [0.5, 0.6) is 0 Å². The fourth-order valence-electron chi connectivity index (χ4n) is 2.10. The van der Waals surface area contributed by atoms with Crippen molar-refractivity contribution < 1.29 is 27.9 Å². The van der Waals surface area contributed by atoms with Crippen molar-refractivity contribution in [3.05, 3.63) is 33.8 Å². The van der Waals surface area contributed by atoms with Gasteiger partial charge in [0.1, 0.15) is 5.54 Å². The minimum atomic E-state index is -4.60. The molecule has 1 aliphatic rings. The van der Waals surface area contributed by atoms with E-state index in [-0.39, 0.29) is 22.9 Å². The van der Waals surface area contributed by atoms with E-state index in [2.05, 4.69) is 21.2 Å². The molecule has 1 saturated carbocycles. The Kier molecular flexibility index (Phi) is 4.01. The third-order valence-corrected chi connectivity index (χ3v) is 4.19. The number of hydrogen-bond acceptors (Lipinski definition) is 2. The van der Waals surface area contributed by atoms with Crippen LogP contribution in [0.1, 0.15) is 35.2 Å². The third kappa shape index (κ3) is 3.04. The van der Waals surface area contributed by atoms with Gasteiger partial charge in [-0.05, 0) is 37.5 Å². The number of carboxylic acids is 1. The Labute approximate surface area is 126 Å². The van der Waals surface area contributed by atoms with Crippen LogP contribution < -0.4 is 5.32 Å². The highest BCUT2D eigenvalue weighted by Gasteiger charge is 2.46. The Morgan fingerprint density at radius 2 is 1.90 bits per heavy atom. The summed E-state index contributed by atoms with van der Waals surface area (Å²) in [5, 5.41) is 11.4. The maximum absolute atomic E-state index is 12.8. The van der Waals surface area contributed by atoms with Gasteiger partial charge in [0.15, 0.2) is 0 Å². The highest BCUT2D eigenvalue weighted by Crippen LogP contribution is 2.36. The molecule has 0 radical (unpaired) electrons. The molecule has 0 heterocycles. The molecule has 1 aromatic carbocycles. The van der Waals surface area contributed by atoms with Gasteiger partial charge in [0, 0.05) is 10.0 Å². The van der Waals surface area contributed by atoms with Gasteiger partial charge in [-0.3, -0.25) is 4.79 Å². The van der Waals surface area contributed by atoms with E-state index < -0.39 is 29.2 Å². The van der Waals surface area contributed by atoms with Crippen molar-refractivity contribution >= 4 is 27.8 Å². The van der Waals surface area contributed by atoms with Crippen molar-refractivity contribution in [1.29, 1.82) is 0 Å². The number of hydrogen-bond donors (Lipinski definition) is 2. The smallest absolute Gasteiger partial charge is 0.417 e. The Balaban J connectivity index is 2.26. The van der Waals surface area contributed by atoms with Crippen molar-refractivity contribution in [2.75, 3.05) is 0 Å². The first kappa shape index (κ1) is 15.8. The van der Waals surface area contributed by atoms with Gasteiger partial charge < -0.3 is 10.4 Å². The summed E-state index contributed by atoms with van der Waals surface area (Å²) in [7, 11) is 0. The minimum absolute atomic E-state index is 0.178. The number of carboxylic acid groups (broad SMARTS) is 1. The van der Waals surface area contributed by atoms with E-state index >= 15 is 0 Å². The Morgan fingerprint density at radius 1 is 1.29 bits per heavy atom. The largest absolute Gasteiger partial charge is 0.480 e. The van der Waals surface area contributed by atoms with E-state index in [9.17, 15) is 22.8 Å². The number of rotatable bonds is 3. The highest BCUT2D eigenvalue weighted by atomic mass is 79.9. The summed E-state index contributed by atoms with van der Waals surface area (Å²) in [6, 6.07) is 3.03. The first-order chi connectivity index (χ1) is 9.66. The number of carbonyl (C=O) groups is 2. The fourth-order valence-corrected chi connectivity index (χ4v) is 2.57. The lowest BCUT2D eigenvalue weighted by molar-refractivity contribution is -0.148. The zero-order valence-corrected chi connectivity index (χ0v) is 12.2. The number of halogens is 4. The van der Waals surface area contributed by atoms with E-state index in [1.54, 1.807) is 0 Å². The van der Waals surface area contributed by atoms with Gasteiger partial charge in [-0.2, -0.15) is 13.2 Å². The molecular formula is C13H11BrF3NO3. The van der Waals surface area contributed by atoms with E-state index in [1.165, 1.54) is 6.07 Å². The van der Waals surface area contributed by atoms with Gasteiger partial charge in [-0.25, -0.2) is 4.79 Å². The molecule has 0 unspecified atom stereocenters. The van der Waals surface area contributed by atoms with E-state index in [1.807, 2.05) is 0 Å². The molecule has 1 aromatic rings. The number of carbonyl (C=O) groups excluding carboxylic acids is 1. The standard InChI is InChI=1S/C13H11BrF3NO3/c14-9-3-2-7(6-8(9)13(15,16)17)10(19)18-12(11(20)21)4-1-5-12/h2-3,6H,1,4-5H2,(H,18,19)(H,20,21). The second kappa shape index (κ2) is 5.32. The predicted molar refractivity (Wildman–Crippen MR) is 70.8 cm³/mol. The molecule has 0 saturated heterocycles. The second-order valence-corrected chi connectivity index (χ2v) is 5.74. The summed E-state index contributed by atoms with van der Waals surface area (Å²) >= 11 is 2.78. The zero-order chi connectivity index (χ0) is 15.8. The average molecular weight is 366 g/mol. The van der Waals surface area contributed by atoms with Crippen molar-refractivity contribution in [3.63, 3.8) is 0 Å². The molecule has 21 heavy (non-hydrogen) atoms. The number of aliphatic carboxylic acids is 1. The lowest BCUT2D eigenvalue weighted by Gasteiger charge is -2.38. The average Bonchev–Trinajstić information content (AvgIpc) is 2.32. The Morgan fingerprint density at radius 3 is 2.33 bits per heavy atom. The molecule has 0 atom stereocenters. The van der Waals surface area contributed by atoms with E-state index in [4.69, 9.17) is 5.11 Å². The SMILES string of the molecule is O=C(NC1(C(=O)O)CCC1)c1ccc(Br)c(C(F)(F)F)c1. The number of alkyl halides is 3. The molecule has 2 N–H and O–H groups in total. The number of nitrogens with one attached hydrogen (secondary N) is 1. The van der Waals surface area contributed by atoms with Crippen molar-refractivity contribution in [2.24, 2.45) is 0 Å². The highest BCUT2D eigenvalue weighted by molar-refractivity contribution is 9.10. The van der Waals surface area contributed by atoms with Crippen LogP contribution in [0, 0.1) is 0 Å². The Bertz CT molecular complexity index is 597. The van der Waals surface area contributed by atoms with Crippen LogP contribution in [0.15, 0.2) is 22.7 Å². The van der Waals surface area contributed by atoms with Gasteiger partial charge in [-0.15, -0.1) is 0 Å². The maximum Gasteiger partial charge on any atom is 0.417 e. The Hall–Kier alpha value is -1.57. The van der Waals surface area contributed by atoms with Crippen LogP contribution in [0.3, 0.4) is 0 Å². The van der Waals surface area contributed by atoms with E-state index in [0.29, 0.717) is 12.5 Å². The zero-order valence-electron chi connectivity index (χ0n) is 10.6. The number of benzene rings is 1. The lowest BCUT2D eigenvalue weighted by Crippen LogP contribution is -2.59. The molecule has 0 bridgehead atoms. The second-order valence-electron chi connectivity index (χ2n) is 4.89. The van der Waals surface area contributed by atoms with Crippen LogP contribution in [0.2, 0.25) is 0 Å². The van der Waals surface area contributed by atoms with Gasteiger partial charge in [0.05, 0.1) is 5.56 Å². The van der Waals surface area contributed by atoms with Gasteiger partial charge in [0.2, 0.25) is 0 Å². The number of amides is 1. The fraction of sp³-hybridized carbons (Fsp3) is 0.385. The molecule has 0 aliphatic heterocycles. The van der Waals surface area contributed by atoms with E-state index in [0.717, 1.165) is 6.07 Å². The lowest BCUT2D eigenvalue weighted by atomic mass is 9.76. The molecule has 0 aromatic heterocycles. The maximum atomic E-state index is 12.8. The summed E-state index contributed by atoms with van der Waals surface area (Å²) in [6.45, 7) is 0. The molecule has 1 fully saturated rings. The molecular weight excluding hydrogens is 355 g/mol. The molecule has 4 nitrogen and oxygen atoms in total. The normalized spacial score (nSPS) is 17.0. The summed E-state index contributed by atoms with van der Waals surface area (Å²) < 4.78 is 38.2. The summed E-state index contributed by atoms with van der Waals surface area (Å²) in [4.78, 5) is 23.1. The first-order valence-corrected chi connectivity index (χ1v) is 6.88. The summed E-state index contributed by atoms with van der Waals surface area (Å²) in [6.07, 6.45) is -3.40. The summed E-state index contributed by atoms with van der Waals surface area (Å²) in [5.41, 5.74) is -2.56. The van der Waals surface area contributed by atoms with Crippen molar-refractivity contribution in [2.45, 2.75) is 31.0 Å².